The van der Waals surface area contributed by atoms with Gasteiger partial charge in [0.2, 0.25) is 0 Å². The largest absolute Gasteiger partial charge is 0.373 e. The summed E-state index contributed by atoms with van der Waals surface area (Å²) in [6.07, 6.45) is 2.22. The van der Waals surface area contributed by atoms with Crippen LogP contribution in [0.15, 0.2) is 0 Å². The maximum atomic E-state index is 12.1. The van der Waals surface area contributed by atoms with E-state index < -0.39 is 0 Å². The molecule has 4 nitrogen and oxygen atoms in total. The fourth-order valence-corrected chi connectivity index (χ4v) is 2.38. The maximum Gasteiger partial charge on any atom is 0.166 e. The normalized spacial score (nSPS) is 17.2. The molecule has 0 bridgehead atoms. The molecule has 0 amide bonds. The van der Waals surface area contributed by atoms with Crippen LogP contribution in [0.3, 0.4) is 0 Å². The molecule has 0 saturated heterocycles. The second kappa shape index (κ2) is 4.78. The van der Waals surface area contributed by atoms with E-state index in [-0.39, 0.29) is 11.9 Å². The molecule has 1 fully saturated rings. The zero-order chi connectivity index (χ0) is 12.6. The van der Waals surface area contributed by atoms with Crippen molar-refractivity contribution in [3.63, 3.8) is 0 Å². The highest BCUT2D eigenvalue weighted by Crippen LogP contribution is 2.35. The van der Waals surface area contributed by atoms with E-state index in [2.05, 4.69) is 5.10 Å². The molecule has 5 heteroatoms. The van der Waals surface area contributed by atoms with Crippen LogP contribution in [0.25, 0.3) is 0 Å². The Kier molecular flexibility index (Phi) is 3.54. The van der Waals surface area contributed by atoms with Gasteiger partial charge in [-0.25, -0.2) is 0 Å². The summed E-state index contributed by atoms with van der Waals surface area (Å²) in [6, 6.07) is 0. The van der Waals surface area contributed by atoms with Gasteiger partial charge >= 0.3 is 0 Å². The average Bonchev–Trinajstić information content (AvgIpc) is 3.06. The van der Waals surface area contributed by atoms with Gasteiger partial charge in [-0.05, 0) is 25.7 Å². The first kappa shape index (κ1) is 12.6. The van der Waals surface area contributed by atoms with Gasteiger partial charge in [0.05, 0.1) is 5.69 Å². The fraction of sp³-hybridized carbons (Fsp3) is 0.667. The molecule has 0 aromatic carbocycles. The minimum absolute atomic E-state index is 0.105. The van der Waals surface area contributed by atoms with Crippen molar-refractivity contribution in [2.45, 2.75) is 32.3 Å². The molecule has 1 saturated carbocycles. The van der Waals surface area contributed by atoms with Crippen molar-refractivity contribution in [2.75, 3.05) is 7.11 Å². The molecule has 0 N–H and O–H groups in total. The quantitative estimate of drug-likeness (QED) is 0.809. The number of hydrogen-bond donors (Lipinski definition) is 0. The van der Waals surface area contributed by atoms with Crippen LogP contribution < -0.4 is 0 Å². The molecule has 17 heavy (non-hydrogen) atoms. The minimum Gasteiger partial charge on any atom is -0.373 e. The number of hydrogen-bond acceptors (Lipinski definition) is 3. The molecule has 1 unspecified atom stereocenters. The summed E-state index contributed by atoms with van der Waals surface area (Å²) in [4.78, 5) is 12.1. The van der Waals surface area contributed by atoms with E-state index >= 15 is 0 Å². The van der Waals surface area contributed by atoms with Gasteiger partial charge in [0.1, 0.15) is 11.3 Å². The molecule has 0 aliphatic heterocycles. The smallest absolute Gasteiger partial charge is 0.166 e. The van der Waals surface area contributed by atoms with Gasteiger partial charge < -0.3 is 4.74 Å². The summed E-state index contributed by atoms with van der Waals surface area (Å²) in [7, 11) is 3.37. The van der Waals surface area contributed by atoms with E-state index in [0.29, 0.717) is 17.5 Å². The lowest BCUT2D eigenvalue weighted by Gasteiger charge is -2.12. The third-order valence-electron chi connectivity index (χ3n) is 3.24. The van der Waals surface area contributed by atoms with Crippen LogP contribution in [-0.4, -0.2) is 28.8 Å². The number of methoxy groups -OCH3 is 1. The Balaban J connectivity index is 2.11. The molecule has 94 valence electrons. The number of Topliss-reactive ketones (excluding diaryl/α,β-unsaturated/α-hetero) is 1. The molecule has 0 radical (unpaired) electrons. The van der Waals surface area contributed by atoms with Gasteiger partial charge in [0, 0.05) is 26.1 Å². The fourth-order valence-electron chi connectivity index (χ4n) is 2.14. The number of halogens is 1. The van der Waals surface area contributed by atoms with E-state index in [4.69, 9.17) is 16.3 Å². The lowest BCUT2D eigenvalue weighted by Crippen LogP contribution is -2.27. The predicted molar refractivity (Wildman–Crippen MR) is 65.2 cm³/mol. The minimum atomic E-state index is -0.273. The van der Waals surface area contributed by atoms with Crippen LogP contribution in [0.1, 0.15) is 24.1 Å². The summed E-state index contributed by atoms with van der Waals surface area (Å²) in [5.41, 5.74) is 1.64. The molecule has 1 atom stereocenters. The van der Waals surface area contributed by atoms with Crippen LogP contribution in [0.5, 0.6) is 0 Å². The maximum absolute atomic E-state index is 12.1. The van der Waals surface area contributed by atoms with E-state index in [1.165, 1.54) is 0 Å². The monoisotopic (exact) mass is 256 g/mol. The summed E-state index contributed by atoms with van der Waals surface area (Å²) >= 11 is 6.11. The number of ether oxygens (including phenoxy) is 1. The van der Waals surface area contributed by atoms with Crippen molar-refractivity contribution in [2.24, 2.45) is 13.0 Å². The Bertz CT molecular complexity index is 438. The van der Waals surface area contributed by atoms with Crippen molar-refractivity contribution >= 4 is 17.4 Å². The van der Waals surface area contributed by atoms with E-state index in [1.807, 2.05) is 6.92 Å². The van der Waals surface area contributed by atoms with Crippen molar-refractivity contribution in [1.29, 1.82) is 0 Å². The second-order valence-corrected chi connectivity index (χ2v) is 4.97. The summed E-state index contributed by atoms with van der Waals surface area (Å²) < 4.78 is 6.87. The van der Waals surface area contributed by atoms with Gasteiger partial charge in [-0.2, -0.15) is 5.10 Å². The molecule has 1 aliphatic carbocycles. The first-order valence-electron chi connectivity index (χ1n) is 5.78. The van der Waals surface area contributed by atoms with Crippen LogP contribution in [-0.2, 0) is 23.0 Å². The number of carbonyl (C=O) groups is 1. The van der Waals surface area contributed by atoms with Crippen LogP contribution in [0, 0.1) is 12.8 Å². The molecule has 1 aliphatic rings. The molecule has 2 rings (SSSR count). The molecular formula is C12H17ClN2O2. The first-order chi connectivity index (χ1) is 8.04. The van der Waals surface area contributed by atoms with E-state index in [9.17, 15) is 4.79 Å². The summed E-state index contributed by atoms with van der Waals surface area (Å²) in [5.74, 6) is 0.510. The first-order valence-corrected chi connectivity index (χ1v) is 6.16. The van der Waals surface area contributed by atoms with Crippen molar-refractivity contribution in [3.05, 3.63) is 16.4 Å². The number of carbonyl (C=O) groups excluding carboxylic acids is 1. The van der Waals surface area contributed by atoms with Gasteiger partial charge in [-0.1, -0.05) is 11.6 Å². The number of rotatable bonds is 5. The Morgan fingerprint density at radius 1 is 1.65 bits per heavy atom. The highest BCUT2D eigenvalue weighted by molar-refractivity contribution is 6.30. The van der Waals surface area contributed by atoms with Crippen molar-refractivity contribution in [1.82, 2.24) is 9.78 Å². The standard InChI is InChI=1S/C12H17ClN2O2/c1-7-9(12(13)15(2)14-7)6-10(16)11(17-3)8-4-5-8/h8,11H,4-6H2,1-3H3. The topological polar surface area (TPSA) is 44.1 Å². The van der Waals surface area contributed by atoms with Crippen molar-refractivity contribution < 1.29 is 9.53 Å². The molecule has 0 spiro atoms. The number of aryl methyl sites for hydroxylation is 2. The highest BCUT2D eigenvalue weighted by atomic mass is 35.5. The predicted octanol–water partition coefficient (Wildman–Crippen LogP) is 1.92. The molecule has 1 aromatic rings. The van der Waals surface area contributed by atoms with Crippen LogP contribution in [0.4, 0.5) is 0 Å². The molecule has 1 heterocycles. The Morgan fingerprint density at radius 3 is 2.71 bits per heavy atom. The number of nitrogens with zero attached hydrogens (tertiary/aromatic N) is 2. The number of ketones is 1. The van der Waals surface area contributed by atoms with Crippen molar-refractivity contribution in [3.8, 4) is 0 Å². The zero-order valence-corrected chi connectivity index (χ0v) is 11.1. The van der Waals surface area contributed by atoms with Gasteiger partial charge in [-0.15, -0.1) is 0 Å². The third kappa shape index (κ3) is 2.53. The number of aromatic nitrogens is 2. The Hall–Kier alpha value is -0.870. The highest BCUT2D eigenvalue weighted by Gasteiger charge is 2.36. The SMILES string of the molecule is COC(C(=O)Cc1c(C)nn(C)c1Cl)C1CC1. The van der Waals surface area contributed by atoms with Gasteiger partial charge in [0.15, 0.2) is 5.78 Å². The Morgan fingerprint density at radius 2 is 2.29 bits per heavy atom. The third-order valence-corrected chi connectivity index (χ3v) is 3.72. The lowest BCUT2D eigenvalue weighted by atomic mass is 10.0. The summed E-state index contributed by atoms with van der Waals surface area (Å²) in [5, 5.41) is 4.74. The van der Waals surface area contributed by atoms with Crippen LogP contribution in [0.2, 0.25) is 5.15 Å². The van der Waals surface area contributed by atoms with E-state index in [1.54, 1.807) is 18.8 Å². The molecule has 1 aromatic heterocycles. The van der Waals surface area contributed by atoms with Crippen LogP contribution >= 0.6 is 11.6 Å². The average molecular weight is 257 g/mol. The molecular weight excluding hydrogens is 240 g/mol. The van der Waals surface area contributed by atoms with E-state index in [0.717, 1.165) is 24.1 Å². The lowest BCUT2D eigenvalue weighted by molar-refractivity contribution is -0.129. The second-order valence-electron chi connectivity index (χ2n) is 4.62. The zero-order valence-electron chi connectivity index (χ0n) is 10.4. The Labute approximate surface area is 106 Å². The summed E-state index contributed by atoms with van der Waals surface area (Å²) in [6.45, 7) is 1.87. The van der Waals surface area contributed by atoms with Gasteiger partial charge in [-0.3, -0.25) is 9.48 Å². The van der Waals surface area contributed by atoms with Gasteiger partial charge in [0.25, 0.3) is 0 Å².